The predicted molar refractivity (Wildman–Crippen MR) is 90.0 cm³/mol. The molecule has 1 fully saturated rings. The van der Waals surface area contributed by atoms with E-state index in [4.69, 9.17) is 0 Å². The number of likely N-dealkylation sites (tertiary alicyclic amines) is 1. The van der Waals surface area contributed by atoms with Gasteiger partial charge in [0.1, 0.15) is 0 Å². The first-order chi connectivity index (χ1) is 9.72. The SMILES string of the molecule is CCCNCC1CCCCN(C)C1c1ccc(Br)cc1. The number of nitrogens with zero attached hydrogens (tertiary/aromatic N) is 1. The molecule has 0 spiro atoms. The fraction of sp³-hybridized carbons (Fsp3) is 0.647. The summed E-state index contributed by atoms with van der Waals surface area (Å²) < 4.78 is 1.16. The molecule has 0 aromatic heterocycles. The molecule has 20 heavy (non-hydrogen) atoms. The topological polar surface area (TPSA) is 15.3 Å². The maximum absolute atomic E-state index is 3.63. The van der Waals surface area contributed by atoms with Crippen molar-refractivity contribution in [2.45, 2.75) is 38.6 Å². The molecule has 0 bridgehead atoms. The van der Waals surface area contributed by atoms with Gasteiger partial charge in [0.2, 0.25) is 0 Å². The lowest BCUT2D eigenvalue weighted by Crippen LogP contribution is -2.35. The van der Waals surface area contributed by atoms with Gasteiger partial charge in [0.05, 0.1) is 0 Å². The third-order valence-corrected chi connectivity index (χ3v) is 4.83. The zero-order valence-corrected chi connectivity index (χ0v) is 14.3. The molecule has 112 valence electrons. The molecule has 3 heteroatoms. The molecular formula is C17H27BrN2. The van der Waals surface area contributed by atoms with E-state index in [0.717, 1.165) is 23.5 Å². The number of hydrogen-bond donors (Lipinski definition) is 1. The van der Waals surface area contributed by atoms with Crippen molar-refractivity contribution in [3.05, 3.63) is 34.3 Å². The predicted octanol–water partition coefficient (Wildman–Crippen LogP) is 4.22. The zero-order chi connectivity index (χ0) is 14.4. The average Bonchev–Trinajstić information content (AvgIpc) is 2.62. The van der Waals surface area contributed by atoms with Gasteiger partial charge in [-0.3, -0.25) is 4.90 Å². The third kappa shape index (κ3) is 4.31. The van der Waals surface area contributed by atoms with Gasteiger partial charge >= 0.3 is 0 Å². The first-order valence-corrected chi connectivity index (χ1v) is 8.68. The van der Waals surface area contributed by atoms with Crippen LogP contribution in [0.3, 0.4) is 0 Å². The highest BCUT2D eigenvalue weighted by atomic mass is 79.9. The van der Waals surface area contributed by atoms with Crippen molar-refractivity contribution >= 4 is 15.9 Å². The number of nitrogens with one attached hydrogen (secondary N) is 1. The molecule has 2 rings (SSSR count). The second-order valence-corrected chi connectivity index (χ2v) is 6.85. The van der Waals surface area contributed by atoms with E-state index in [0.29, 0.717) is 6.04 Å². The van der Waals surface area contributed by atoms with Crippen LogP contribution in [0.25, 0.3) is 0 Å². The largest absolute Gasteiger partial charge is 0.316 e. The van der Waals surface area contributed by atoms with Gasteiger partial charge < -0.3 is 5.32 Å². The Morgan fingerprint density at radius 1 is 1.25 bits per heavy atom. The van der Waals surface area contributed by atoms with E-state index in [-0.39, 0.29) is 0 Å². The van der Waals surface area contributed by atoms with E-state index in [2.05, 4.69) is 64.4 Å². The Labute approximate surface area is 132 Å². The Morgan fingerprint density at radius 3 is 2.70 bits per heavy atom. The van der Waals surface area contributed by atoms with Crippen molar-refractivity contribution in [1.82, 2.24) is 10.2 Å². The Bertz CT molecular complexity index is 390. The normalized spacial score (nSPS) is 24.6. The lowest BCUT2D eigenvalue weighted by atomic mass is 9.89. The number of hydrogen-bond acceptors (Lipinski definition) is 2. The molecule has 1 aromatic carbocycles. The van der Waals surface area contributed by atoms with Gasteiger partial charge in [-0.1, -0.05) is 41.4 Å². The molecule has 0 saturated carbocycles. The van der Waals surface area contributed by atoms with E-state index in [1.165, 1.54) is 37.8 Å². The minimum absolute atomic E-state index is 0.551. The van der Waals surface area contributed by atoms with Crippen LogP contribution < -0.4 is 5.32 Å². The summed E-state index contributed by atoms with van der Waals surface area (Å²) in [4.78, 5) is 2.55. The highest BCUT2D eigenvalue weighted by Crippen LogP contribution is 2.34. The van der Waals surface area contributed by atoms with Crippen LogP contribution in [-0.2, 0) is 0 Å². The second-order valence-electron chi connectivity index (χ2n) is 5.94. The van der Waals surface area contributed by atoms with E-state index >= 15 is 0 Å². The zero-order valence-electron chi connectivity index (χ0n) is 12.7. The van der Waals surface area contributed by atoms with Crippen LogP contribution >= 0.6 is 15.9 Å². The second kappa shape index (κ2) is 8.16. The Balaban J connectivity index is 2.14. The first-order valence-electron chi connectivity index (χ1n) is 7.88. The molecule has 0 aliphatic carbocycles. The van der Waals surface area contributed by atoms with E-state index in [9.17, 15) is 0 Å². The van der Waals surface area contributed by atoms with Crippen LogP contribution in [0.2, 0.25) is 0 Å². The average molecular weight is 339 g/mol. The minimum atomic E-state index is 0.551. The maximum atomic E-state index is 3.63. The van der Waals surface area contributed by atoms with Crippen molar-refractivity contribution in [2.24, 2.45) is 5.92 Å². The van der Waals surface area contributed by atoms with Crippen molar-refractivity contribution in [1.29, 1.82) is 0 Å². The standard InChI is InChI=1S/C17H27BrN2/c1-3-11-19-13-15-6-4-5-12-20(2)17(15)14-7-9-16(18)10-8-14/h7-10,15,17,19H,3-6,11-13H2,1-2H3. The smallest absolute Gasteiger partial charge is 0.0385 e. The van der Waals surface area contributed by atoms with Crippen molar-refractivity contribution in [2.75, 3.05) is 26.7 Å². The van der Waals surface area contributed by atoms with Gasteiger partial charge in [0.15, 0.2) is 0 Å². The quantitative estimate of drug-likeness (QED) is 0.808. The molecule has 1 aromatic rings. The molecule has 0 amide bonds. The molecule has 1 aliphatic rings. The molecule has 1 N–H and O–H groups in total. The van der Waals surface area contributed by atoms with Crippen LogP contribution in [-0.4, -0.2) is 31.6 Å². The van der Waals surface area contributed by atoms with E-state index in [1.807, 2.05) is 0 Å². The van der Waals surface area contributed by atoms with Crippen molar-refractivity contribution in [3.63, 3.8) is 0 Å². The van der Waals surface area contributed by atoms with E-state index < -0.39 is 0 Å². The summed E-state index contributed by atoms with van der Waals surface area (Å²) in [6.45, 7) is 5.72. The van der Waals surface area contributed by atoms with Crippen molar-refractivity contribution in [3.8, 4) is 0 Å². The summed E-state index contributed by atoms with van der Waals surface area (Å²) in [6.07, 6.45) is 5.23. The van der Waals surface area contributed by atoms with Gasteiger partial charge in [-0.25, -0.2) is 0 Å². The minimum Gasteiger partial charge on any atom is -0.316 e. The fourth-order valence-electron chi connectivity index (χ4n) is 3.29. The Hall–Kier alpha value is -0.380. The molecule has 1 saturated heterocycles. The summed E-state index contributed by atoms with van der Waals surface area (Å²) in [7, 11) is 2.28. The molecule has 2 unspecified atom stereocenters. The van der Waals surface area contributed by atoms with Crippen LogP contribution in [0.15, 0.2) is 28.7 Å². The van der Waals surface area contributed by atoms with Gasteiger partial charge in [0.25, 0.3) is 0 Å². The number of rotatable bonds is 5. The highest BCUT2D eigenvalue weighted by Gasteiger charge is 2.28. The lowest BCUT2D eigenvalue weighted by Gasteiger charge is -2.33. The Kier molecular flexibility index (Phi) is 6.53. The van der Waals surface area contributed by atoms with Crippen LogP contribution in [0.1, 0.15) is 44.2 Å². The van der Waals surface area contributed by atoms with Gasteiger partial charge in [0, 0.05) is 10.5 Å². The third-order valence-electron chi connectivity index (χ3n) is 4.30. The summed E-state index contributed by atoms with van der Waals surface area (Å²) >= 11 is 3.54. The lowest BCUT2D eigenvalue weighted by molar-refractivity contribution is 0.189. The van der Waals surface area contributed by atoms with Gasteiger partial charge in [-0.15, -0.1) is 0 Å². The van der Waals surface area contributed by atoms with Gasteiger partial charge in [-0.05, 0) is 69.6 Å². The molecule has 2 nitrogen and oxygen atoms in total. The molecular weight excluding hydrogens is 312 g/mol. The van der Waals surface area contributed by atoms with Crippen LogP contribution in [0, 0.1) is 5.92 Å². The first kappa shape index (κ1) is 16.0. The summed E-state index contributed by atoms with van der Waals surface area (Å²) in [5.41, 5.74) is 1.46. The van der Waals surface area contributed by atoms with Crippen molar-refractivity contribution < 1.29 is 0 Å². The van der Waals surface area contributed by atoms with E-state index in [1.54, 1.807) is 0 Å². The molecule has 2 atom stereocenters. The highest BCUT2D eigenvalue weighted by molar-refractivity contribution is 9.10. The fourth-order valence-corrected chi connectivity index (χ4v) is 3.55. The monoisotopic (exact) mass is 338 g/mol. The van der Waals surface area contributed by atoms with Crippen LogP contribution in [0.4, 0.5) is 0 Å². The number of halogens is 1. The molecule has 1 aliphatic heterocycles. The summed E-state index contributed by atoms with van der Waals surface area (Å²) in [6, 6.07) is 9.46. The summed E-state index contributed by atoms with van der Waals surface area (Å²) in [5.74, 6) is 0.718. The van der Waals surface area contributed by atoms with Crippen LogP contribution in [0.5, 0.6) is 0 Å². The molecule has 0 radical (unpaired) electrons. The number of benzene rings is 1. The Morgan fingerprint density at radius 2 is 2.00 bits per heavy atom. The molecule has 1 heterocycles. The maximum Gasteiger partial charge on any atom is 0.0385 e. The summed E-state index contributed by atoms with van der Waals surface area (Å²) in [5, 5.41) is 3.63. The van der Waals surface area contributed by atoms with Gasteiger partial charge in [-0.2, -0.15) is 0 Å².